The molecule has 0 radical (unpaired) electrons. The molecule has 1 aliphatic carbocycles. The topological polar surface area (TPSA) is 26.3 Å². The zero-order chi connectivity index (χ0) is 10.8. The second kappa shape index (κ2) is 3.78. The summed E-state index contributed by atoms with van der Waals surface area (Å²) >= 11 is 0. The molecule has 0 heterocycles. The molecular formula is C13H12O2. The van der Waals surface area contributed by atoms with Gasteiger partial charge in [-0.2, -0.15) is 0 Å². The molecule has 1 saturated carbocycles. The molecule has 76 valence electrons. The van der Waals surface area contributed by atoms with Crippen LogP contribution in [0.3, 0.4) is 0 Å². The maximum atomic E-state index is 11.2. The third-order valence-corrected chi connectivity index (χ3v) is 2.80. The molecule has 0 N–H and O–H groups in total. The van der Waals surface area contributed by atoms with Crippen molar-refractivity contribution in [2.75, 3.05) is 7.11 Å². The molecule has 0 aliphatic heterocycles. The number of rotatable bonds is 2. The highest BCUT2D eigenvalue weighted by Gasteiger charge is 2.44. The predicted molar refractivity (Wildman–Crippen MR) is 57.2 cm³/mol. The summed E-state index contributed by atoms with van der Waals surface area (Å²) < 4.78 is 4.70. The molecule has 0 bridgehead atoms. The Kier molecular flexibility index (Phi) is 2.47. The molecule has 1 fully saturated rings. The summed E-state index contributed by atoms with van der Waals surface area (Å²) in [5.41, 5.74) is 2.04. The number of esters is 1. The van der Waals surface area contributed by atoms with E-state index in [0.29, 0.717) is 5.92 Å². The van der Waals surface area contributed by atoms with E-state index in [0.717, 1.165) is 12.0 Å². The van der Waals surface area contributed by atoms with Crippen LogP contribution >= 0.6 is 0 Å². The Morgan fingerprint density at radius 3 is 2.67 bits per heavy atom. The van der Waals surface area contributed by atoms with Crippen LogP contribution in [0.1, 0.15) is 23.5 Å². The summed E-state index contributed by atoms with van der Waals surface area (Å²) in [6.07, 6.45) is 6.16. The maximum absolute atomic E-state index is 11.2. The van der Waals surface area contributed by atoms with Gasteiger partial charge in [-0.25, -0.2) is 0 Å². The first-order valence-electron chi connectivity index (χ1n) is 4.90. The van der Waals surface area contributed by atoms with Crippen molar-refractivity contribution in [3.8, 4) is 12.3 Å². The van der Waals surface area contributed by atoms with E-state index in [2.05, 4.69) is 5.92 Å². The van der Waals surface area contributed by atoms with Gasteiger partial charge in [0.15, 0.2) is 0 Å². The molecule has 1 aromatic rings. The molecule has 1 aliphatic rings. The van der Waals surface area contributed by atoms with Crippen molar-refractivity contribution in [3.63, 3.8) is 0 Å². The van der Waals surface area contributed by atoms with Crippen LogP contribution in [0.25, 0.3) is 0 Å². The molecule has 0 aromatic heterocycles. The van der Waals surface area contributed by atoms with E-state index in [1.807, 2.05) is 24.3 Å². The molecule has 2 nitrogen and oxygen atoms in total. The van der Waals surface area contributed by atoms with Gasteiger partial charge in [0.05, 0.1) is 13.0 Å². The average Bonchev–Trinajstić information content (AvgIpc) is 3.08. The molecule has 0 spiro atoms. The van der Waals surface area contributed by atoms with Crippen LogP contribution in [0.5, 0.6) is 0 Å². The Hall–Kier alpha value is -1.75. The number of hydrogen-bond donors (Lipinski definition) is 0. The van der Waals surface area contributed by atoms with Crippen molar-refractivity contribution in [2.24, 2.45) is 5.92 Å². The first kappa shape index (κ1) is 9.79. The molecule has 0 amide bonds. The van der Waals surface area contributed by atoms with Gasteiger partial charge in [-0.1, -0.05) is 18.1 Å². The third kappa shape index (κ3) is 1.87. The van der Waals surface area contributed by atoms with Gasteiger partial charge in [-0.15, -0.1) is 6.42 Å². The number of ether oxygens (including phenoxy) is 1. The highest BCUT2D eigenvalue weighted by molar-refractivity contribution is 5.77. The van der Waals surface area contributed by atoms with E-state index >= 15 is 0 Å². The molecule has 2 atom stereocenters. The SMILES string of the molecule is C#Cc1ccc(C2CC2C(=O)OC)cc1. The molecule has 2 heteroatoms. The number of benzene rings is 1. The fourth-order valence-corrected chi connectivity index (χ4v) is 1.80. The van der Waals surface area contributed by atoms with E-state index in [1.165, 1.54) is 12.7 Å². The molecule has 1 aromatic carbocycles. The lowest BCUT2D eigenvalue weighted by Gasteiger charge is -1.99. The highest BCUT2D eigenvalue weighted by atomic mass is 16.5. The predicted octanol–water partition coefficient (Wildman–Crippen LogP) is 1.94. The van der Waals surface area contributed by atoms with Gasteiger partial charge in [0.2, 0.25) is 0 Å². The van der Waals surface area contributed by atoms with Crippen LogP contribution < -0.4 is 0 Å². The van der Waals surface area contributed by atoms with Crippen LogP contribution in [0.4, 0.5) is 0 Å². The fraction of sp³-hybridized carbons (Fsp3) is 0.308. The lowest BCUT2D eigenvalue weighted by molar-refractivity contribution is -0.142. The van der Waals surface area contributed by atoms with E-state index in [9.17, 15) is 4.79 Å². The van der Waals surface area contributed by atoms with Gasteiger partial charge in [-0.3, -0.25) is 4.79 Å². The van der Waals surface area contributed by atoms with Crippen LogP contribution in [0.15, 0.2) is 24.3 Å². The van der Waals surface area contributed by atoms with Crippen LogP contribution in [0.2, 0.25) is 0 Å². The average molecular weight is 200 g/mol. The summed E-state index contributed by atoms with van der Waals surface area (Å²) in [4.78, 5) is 11.2. The van der Waals surface area contributed by atoms with Crippen LogP contribution in [0, 0.1) is 18.3 Å². The lowest BCUT2D eigenvalue weighted by atomic mass is 10.1. The summed E-state index contributed by atoms with van der Waals surface area (Å²) in [5.74, 6) is 2.83. The monoisotopic (exact) mass is 200 g/mol. The van der Waals surface area contributed by atoms with Gasteiger partial charge >= 0.3 is 5.97 Å². The second-order valence-corrected chi connectivity index (χ2v) is 3.74. The van der Waals surface area contributed by atoms with E-state index in [1.54, 1.807) is 0 Å². The van der Waals surface area contributed by atoms with Gasteiger partial charge in [0.25, 0.3) is 0 Å². The zero-order valence-corrected chi connectivity index (χ0v) is 8.57. The number of terminal acetylenes is 1. The van der Waals surface area contributed by atoms with Crippen molar-refractivity contribution in [1.29, 1.82) is 0 Å². The number of carbonyl (C=O) groups excluding carboxylic acids is 1. The van der Waals surface area contributed by atoms with Crippen LogP contribution in [-0.2, 0) is 9.53 Å². The molecule has 2 unspecified atom stereocenters. The highest BCUT2D eigenvalue weighted by Crippen LogP contribution is 2.47. The van der Waals surface area contributed by atoms with Gasteiger partial charge in [0.1, 0.15) is 0 Å². The largest absolute Gasteiger partial charge is 0.469 e. The minimum Gasteiger partial charge on any atom is -0.469 e. The Labute approximate surface area is 89.3 Å². The zero-order valence-electron chi connectivity index (χ0n) is 8.57. The molecule has 2 rings (SSSR count). The summed E-state index contributed by atoms with van der Waals surface area (Å²) in [6, 6.07) is 7.79. The molecular weight excluding hydrogens is 188 g/mol. The minimum absolute atomic E-state index is 0.0479. The molecule has 15 heavy (non-hydrogen) atoms. The minimum atomic E-state index is -0.110. The Balaban J connectivity index is 2.08. The Morgan fingerprint density at radius 2 is 2.13 bits per heavy atom. The summed E-state index contributed by atoms with van der Waals surface area (Å²) in [5, 5.41) is 0. The third-order valence-electron chi connectivity index (χ3n) is 2.80. The van der Waals surface area contributed by atoms with E-state index in [4.69, 9.17) is 11.2 Å². The lowest BCUT2D eigenvalue weighted by Crippen LogP contribution is -2.03. The fourth-order valence-electron chi connectivity index (χ4n) is 1.80. The smallest absolute Gasteiger partial charge is 0.309 e. The maximum Gasteiger partial charge on any atom is 0.309 e. The Morgan fingerprint density at radius 1 is 1.47 bits per heavy atom. The van der Waals surface area contributed by atoms with E-state index < -0.39 is 0 Å². The summed E-state index contributed by atoms with van der Waals surface area (Å²) in [6.45, 7) is 0. The second-order valence-electron chi connectivity index (χ2n) is 3.74. The van der Waals surface area contributed by atoms with Crippen LogP contribution in [-0.4, -0.2) is 13.1 Å². The van der Waals surface area contributed by atoms with Gasteiger partial charge < -0.3 is 4.74 Å². The van der Waals surface area contributed by atoms with Crippen molar-refractivity contribution in [1.82, 2.24) is 0 Å². The normalized spacial score (nSPS) is 22.9. The van der Waals surface area contributed by atoms with Crippen molar-refractivity contribution in [3.05, 3.63) is 35.4 Å². The Bertz CT molecular complexity index is 411. The van der Waals surface area contributed by atoms with Crippen molar-refractivity contribution in [2.45, 2.75) is 12.3 Å². The van der Waals surface area contributed by atoms with Gasteiger partial charge in [-0.05, 0) is 30.0 Å². The standard InChI is InChI=1S/C13H12O2/c1-3-9-4-6-10(7-5-9)11-8-12(11)13(14)15-2/h1,4-7,11-12H,8H2,2H3. The number of carbonyl (C=O) groups is 1. The van der Waals surface area contributed by atoms with Crippen molar-refractivity contribution >= 4 is 5.97 Å². The number of methoxy groups -OCH3 is 1. The quantitative estimate of drug-likeness (QED) is 0.538. The number of hydrogen-bond acceptors (Lipinski definition) is 2. The van der Waals surface area contributed by atoms with E-state index in [-0.39, 0.29) is 11.9 Å². The first-order chi connectivity index (χ1) is 7.26. The first-order valence-corrected chi connectivity index (χ1v) is 4.90. The van der Waals surface area contributed by atoms with Crippen molar-refractivity contribution < 1.29 is 9.53 Å². The summed E-state index contributed by atoms with van der Waals surface area (Å²) in [7, 11) is 1.43. The van der Waals surface area contributed by atoms with Gasteiger partial charge in [0, 0.05) is 5.56 Å². The molecule has 0 saturated heterocycles.